The second-order valence-electron chi connectivity index (χ2n) is 4.00. The Morgan fingerprint density at radius 3 is 2.70 bits per heavy atom. The van der Waals surface area contributed by atoms with Crippen LogP contribution in [0.5, 0.6) is 0 Å². The number of nitriles is 1. The molecule has 0 fully saturated rings. The summed E-state index contributed by atoms with van der Waals surface area (Å²) >= 11 is 3.20. The molecular weight excluding hydrogens is 339 g/mol. The van der Waals surface area contributed by atoms with E-state index in [9.17, 15) is 18.0 Å². The molecule has 4 nitrogen and oxygen atoms in total. The lowest BCUT2D eigenvalue weighted by Gasteiger charge is -2.17. The summed E-state index contributed by atoms with van der Waals surface area (Å²) < 4.78 is 36.6. The fourth-order valence-electron chi connectivity index (χ4n) is 1.37. The molecule has 0 aliphatic carbocycles. The molecule has 1 aromatic carbocycles. The van der Waals surface area contributed by atoms with E-state index in [0.29, 0.717) is 10.2 Å². The van der Waals surface area contributed by atoms with Gasteiger partial charge in [-0.3, -0.25) is 4.79 Å². The normalized spacial score (nSPS) is 12.4. The first kappa shape index (κ1) is 16.3. The molecule has 1 aromatic rings. The average Bonchev–Trinajstić information content (AvgIpc) is 2.36. The highest BCUT2D eigenvalue weighted by Crippen LogP contribution is 2.21. The minimum Gasteiger partial charge on any atom is -0.373 e. The lowest BCUT2D eigenvalue weighted by atomic mass is 10.1. The number of hydrogen-bond acceptors (Lipinski definition) is 3. The maximum atomic E-state index is 12.0. The van der Waals surface area contributed by atoms with Gasteiger partial charge in [0, 0.05) is 4.47 Å². The predicted octanol–water partition coefficient (Wildman–Crippen LogP) is 2.80. The number of benzene rings is 1. The van der Waals surface area contributed by atoms with E-state index in [1.807, 2.05) is 6.07 Å². The van der Waals surface area contributed by atoms with E-state index >= 15 is 0 Å². The largest absolute Gasteiger partial charge is 0.405 e. The van der Waals surface area contributed by atoms with Crippen molar-refractivity contribution in [1.82, 2.24) is 5.32 Å². The molecule has 0 saturated carbocycles. The van der Waals surface area contributed by atoms with Crippen LogP contribution >= 0.6 is 15.9 Å². The number of nitrogens with zero attached hydrogens (tertiary/aromatic N) is 1. The van der Waals surface area contributed by atoms with Gasteiger partial charge < -0.3 is 10.6 Å². The number of halogens is 4. The summed E-state index contributed by atoms with van der Waals surface area (Å²) in [5, 5.41) is 13.4. The Labute approximate surface area is 122 Å². The molecule has 0 bridgehead atoms. The first-order chi connectivity index (χ1) is 9.23. The van der Waals surface area contributed by atoms with Crippen LogP contribution < -0.4 is 10.6 Å². The van der Waals surface area contributed by atoms with E-state index in [-0.39, 0.29) is 5.56 Å². The van der Waals surface area contributed by atoms with Crippen LogP contribution in [0.25, 0.3) is 0 Å². The van der Waals surface area contributed by atoms with E-state index in [2.05, 4.69) is 21.2 Å². The van der Waals surface area contributed by atoms with Crippen molar-refractivity contribution in [2.24, 2.45) is 0 Å². The smallest absolute Gasteiger partial charge is 0.373 e. The summed E-state index contributed by atoms with van der Waals surface area (Å²) in [4.78, 5) is 11.5. The second-order valence-corrected chi connectivity index (χ2v) is 4.92. The number of anilines is 1. The standard InChI is InChI=1S/C12H11BrF3N3O/c1-7(11(20)18-6-12(14,15)16)19-10-3-2-9(13)4-8(10)5-17/h2-4,7,19H,6H2,1H3,(H,18,20). The predicted molar refractivity (Wildman–Crippen MR) is 71.0 cm³/mol. The Morgan fingerprint density at radius 1 is 1.50 bits per heavy atom. The molecule has 8 heteroatoms. The van der Waals surface area contributed by atoms with Gasteiger partial charge in [-0.25, -0.2) is 0 Å². The second kappa shape index (κ2) is 6.61. The Morgan fingerprint density at radius 2 is 2.15 bits per heavy atom. The van der Waals surface area contributed by atoms with Crippen LogP contribution in [0.3, 0.4) is 0 Å². The van der Waals surface area contributed by atoms with Crippen molar-refractivity contribution in [3.63, 3.8) is 0 Å². The number of nitrogens with one attached hydrogen (secondary N) is 2. The highest BCUT2D eigenvalue weighted by molar-refractivity contribution is 9.10. The van der Waals surface area contributed by atoms with Gasteiger partial charge in [0.15, 0.2) is 0 Å². The molecule has 0 aromatic heterocycles. The first-order valence-corrected chi connectivity index (χ1v) is 6.33. The van der Waals surface area contributed by atoms with Crippen molar-refractivity contribution in [3.05, 3.63) is 28.2 Å². The summed E-state index contributed by atoms with van der Waals surface area (Å²) in [7, 11) is 0. The zero-order chi connectivity index (χ0) is 15.3. The van der Waals surface area contributed by atoms with Gasteiger partial charge in [0.05, 0.1) is 11.3 Å². The van der Waals surface area contributed by atoms with Gasteiger partial charge in [-0.1, -0.05) is 15.9 Å². The van der Waals surface area contributed by atoms with E-state index in [4.69, 9.17) is 5.26 Å². The van der Waals surface area contributed by atoms with E-state index < -0.39 is 24.7 Å². The molecule has 0 heterocycles. The van der Waals surface area contributed by atoms with Crippen LogP contribution in [0.4, 0.5) is 18.9 Å². The van der Waals surface area contributed by atoms with Crippen LogP contribution in [0.2, 0.25) is 0 Å². The Hall–Kier alpha value is -1.75. The fraction of sp³-hybridized carbons (Fsp3) is 0.333. The van der Waals surface area contributed by atoms with Crippen LogP contribution in [-0.4, -0.2) is 24.7 Å². The highest BCUT2D eigenvalue weighted by Gasteiger charge is 2.28. The molecule has 1 unspecified atom stereocenters. The SMILES string of the molecule is CC(Nc1ccc(Br)cc1C#N)C(=O)NCC(F)(F)F. The van der Waals surface area contributed by atoms with Gasteiger partial charge in [-0.05, 0) is 25.1 Å². The summed E-state index contributed by atoms with van der Waals surface area (Å²) in [6.45, 7) is 0.0260. The maximum absolute atomic E-state index is 12.0. The third kappa shape index (κ3) is 5.09. The molecule has 1 amide bonds. The molecule has 0 aliphatic rings. The molecule has 108 valence electrons. The van der Waals surface area contributed by atoms with Crippen LogP contribution in [0.1, 0.15) is 12.5 Å². The first-order valence-electron chi connectivity index (χ1n) is 5.53. The zero-order valence-electron chi connectivity index (χ0n) is 10.4. The van der Waals surface area contributed by atoms with Gasteiger partial charge in [0.1, 0.15) is 18.7 Å². The molecule has 20 heavy (non-hydrogen) atoms. The van der Waals surface area contributed by atoms with Gasteiger partial charge in [0.2, 0.25) is 5.91 Å². The highest BCUT2D eigenvalue weighted by atomic mass is 79.9. The van der Waals surface area contributed by atoms with Crippen molar-refractivity contribution in [3.8, 4) is 6.07 Å². The molecule has 0 aliphatic heterocycles. The fourth-order valence-corrected chi connectivity index (χ4v) is 1.74. The summed E-state index contributed by atoms with van der Waals surface area (Å²) in [5.74, 6) is -0.797. The Bertz CT molecular complexity index is 540. The van der Waals surface area contributed by atoms with Gasteiger partial charge in [0.25, 0.3) is 0 Å². The number of amides is 1. The lowest BCUT2D eigenvalue weighted by molar-refractivity contribution is -0.138. The minimum absolute atomic E-state index is 0.287. The monoisotopic (exact) mass is 349 g/mol. The van der Waals surface area contributed by atoms with Crippen molar-refractivity contribution in [2.45, 2.75) is 19.1 Å². The summed E-state index contributed by atoms with van der Waals surface area (Å²) in [6.07, 6.45) is -4.45. The molecule has 0 radical (unpaired) electrons. The minimum atomic E-state index is -4.45. The molecule has 1 rings (SSSR count). The van der Waals surface area contributed by atoms with E-state index in [0.717, 1.165) is 0 Å². The van der Waals surface area contributed by atoms with Crippen molar-refractivity contribution in [1.29, 1.82) is 5.26 Å². The summed E-state index contributed by atoms with van der Waals surface area (Å²) in [5.41, 5.74) is 0.667. The topological polar surface area (TPSA) is 64.9 Å². The number of carbonyl (C=O) groups is 1. The number of carbonyl (C=O) groups excluding carboxylic acids is 1. The average molecular weight is 350 g/mol. The zero-order valence-corrected chi connectivity index (χ0v) is 12.0. The van der Waals surface area contributed by atoms with Crippen LogP contribution in [0.15, 0.2) is 22.7 Å². The molecule has 2 N–H and O–H groups in total. The third-order valence-electron chi connectivity index (χ3n) is 2.33. The van der Waals surface area contributed by atoms with Crippen LogP contribution in [0, 0.1) is 11.3 Å². The maximum Gasteiger partial charge on any atom is 0.405 e. The van der Waals surface area contributed by atoms with Gasteiger partial charge in [-0.2, -0.15) is 18.4 Å². The summed E-state index contributed by atoms with van der Waals surface area (Å²) in [6, 6.07) is 5.80. The van der Waals surface area contributed by atoms with Crippen molar-refractivity contribution in [2.75, 3.05) is 11.9 Å². The Kier molecular flexibility index (Phi) is 5.39. The van der Waals surface area contributed by atoms with Crippen molar-refractivity contribution >= 4 is 27.5 Å². The third-order valence-corrected chi connectivity index (χ3v) is 2.82. The Balaban J connectivity index is 2.69. The molecular formula is C12H11BrF3N3O. The lowest BCUT2D eigenvalue weighted by Crippen LogP contribution is -2.42. The number of rotatable bonds is 4. The van der Waals surface area contributed by atoms with E-state index in [1.54, 1.807) is 23.5 Å². The van der Waals surface area contributed by atoms with Crippen molar-refractivity contribution < 1.29 is 18.0 Å². The number of alkyl halides is 3. The van der Waals surface area contributed by atoms with Crippen LogP contribution in [-0.2, 0) is 4.79 Å². The number of hydrogen-bond donors (Lipinski definition) is 2. The van der Waals surface area contributed by atoms with Gasteiger partial charge in [-0.15, -0.1) is 0 Å². The molecule has 1 atom stereocenters. The van der Waals surface area contributed by atoms with Gasteiger partial charge >= 0.3 is 6.18 Å². The molecule has 0 saturated heterocycles. The quantitative estimate of drug-likeness (QED) is 0.878. The molecule has 0 spiro atoms. The van der Waals surface area contributed by atoms with E-state index in [1.165, 1.54) is 6.92 Å².